The van der Waals surface area contributed by atoms with Gasteiger partial charge in [-0.3, -0.25) is 4.79 Å². The van der Waals surface area contributed by atoms with Crippen LogP contribution in [0.3, 0.4) is 0 Å². The normalized spacial score (nSPS) is 11.1. The Morgan fingerprint density at radius 2 is 1.71 bits per heavy atom. The summed E-state index contributed by atoms with van der Waals surface area (Å²) in [5, 5.41) is 0. The average molecular weight is 200 g/mol. The van der Waals surface area contributed by atoms with Crippen molar-refractivity contribution >= 4 is 11.8 Å². The van der Waals surface area contributed by atoms with Gasteiger partial charge in [-0.2, -0.15) is 0 Å². The van der Waals surface area contributed by atoms with E-state index in [4.69, 9.17) is 4.74 Å². The van der Waals surface area contributed by atoms with Crippen LogP contribution in [0.5, 0.6) is 0 Å². The highest BCUT2D eigenvalue weighted by atomic mass is 16.5. The smallest absolute Gasteiger partial charge is 0.311 e. The van der Waals surface area contributed by atoms with Gasteiger partial charge in [-0.25, -0.2) is 0 Å². The summed E-state index contributed by atoms with van der Waals surface area (Å²) in [7, 11) is 0. The Balaban J connectivity index is 3.46. The summed E-state index contributed by atoms with van der Waals surface area (Å²) in [6.45, 7) is 7.46. The molecule has 0 aromatic carbocycles. The van der Waals surface area contributed by atoms with E-state index in [2.05, 4.69) is 0 Å². The largest absolute Gasteiger partial charge is 0.465 e. The van der Waals surface area contributed by atoms with Crippen LogP contribution in [0.15, 0.2) is 0 Å². The van der Waals surface area contributed by atoms with Gasteiger partial charge in [0.15, 0.2) is 0 Å². The fourth-order valence-electron chi connectivity index (χ4n) is 0.857. The maximum Gasteiger partial charge on any atom is 0.311 e. The zero-order valence-corrected chi connectivity index (χ0v) is 9.55. The molecule has 0 saturated carbocycles. The summed E-state index contributed by atoms with van der Waals surface area (Å²) < 4.78 is 5.04. The lowest BCUT2D eigenvalue weighted by Crippen LogP contribution is -2.23. The van der Waals surface area contributed by atoms with E-state index >= 15 is 0 Å². The molecular formula is C11H20O3. The summed E-state index contributed by atoms with van der Waals surface area (Å²) in [6, 6.07) is 0. The van der Waals surface area contributed by atoms with Gasteiger partial charge < -0.3 is 9.53 Å². The van der Waals surface area contributed by atoms with Gasteiger partial charge in [0.1, 0.15) is 5.78 Å². The van der Waals surface area contributed by atoms with E-state index in [1.165, 1.54) is 0 Å². The van der Waals surface area contributed by atoms with Crippen molar-refractivity contribution in [2.45, 2.75) is 47.0 Å². The first-order valence-electron chi connectivity index (χ1n) is 5.00. The maximum absolute atomic E-state index is 11.3. The SMILES string of the molecule is CC(=O)CCCCOC(=O)C(C)(C)C. The second kappa shape index (κ2) is 5.78. The van der Waals surface area contributed by atoms with Crippen LogP contribution in [-0.2, 0) is 14.3 Å². The molecular weight excluding hydrogens is 180 g/mol. The predicted octanol–water partition coefficient (Wildman–Crippen LogP) is 2.33. The van der Waals surface area contributed by atoms with E-state index in [1.807, 2.05) is 20.8 Å². The molecule has 0 amide bonds. The minimum absolute atomic E-state index is 0.180. The molecule has 14 heavy (non-hydrogen) atoms. The van der Waals surface area contributed by atoms with Crippen LogP contribution >= 0.6 is 0 Å². The molecule has 0 aliphatic heterocycles. The molecule has 0 aromatic heterocycles. The summed E-state index contributed by atoms with van der Waals surface area (Å²) in [6.07, 6.45) is 2.14. The van der Waals surface area contributed by atoms with Crippen molar-refractivity contribution in [1.82, 2.24) is 0 Å². The second-order valence-electron chi connectivity index (χ2n) is 4.55. The predicted molar refractivity (Wildman–Crippen MR) is 54.9 cm³/mol. The van der Waals surface area contributed by atoms with Crippen molar-refractivity contribution in [2.75, 3.05) is 6.61 Å². The number of unbranched alkanes of at least 4 members (excludes halogenated alkanes) is 1. The molecule has 0 bridgehead atoms. The number of esters is 1. The minimum atomic E-state index is -0.430. The lowest BCUT2D eigenvalue weighted by molar-refractivity contribution is -0.153. The zero-order valence-electron chi connectivity index (χ0n) is 9.55. The molecule has 0 aliphatic carbocycles. The third-order valence-corrected chi connectivity index (χ3v) is 1.77. The molecule has 0 fully saturated rings. The molecule has 3 nitrogen and oxygen atoms in total. The molecule has 0 aromatic rings. The van der Waals surface area contributed by atoms with Crippen LogP contribution in [0.1, 0.15) is 47.0 Å². The van der Waals surface area contributed by atoms with E-state index in [1.54, 1.807) is 6.92 Å². The van der Waals surface area contributed by atoms with Crippen LogP contribution in [0, 0.1) is 5.41 Å². The van der Waals surface area contributed by atoms with E-state index in [-0.39, 0.29) is 11.8 Å². The Morgan fingerprint density at radius 1 is 1.14 bits per heavy atom. The van der Waals surface area contributed by atoms with Gasteiger partial charge in [0.25, 0.3) is 0 Å². The summed E-state index contributed by atoms with van der Waals surface area (Å²) >= 11 is 0. The fraction of sp³-hybridized carbons (Fsp3) is 0.818. The number of hydrogen-bond donors (Lipinski definition) is 0. The standard InChI is InChI=1S/C11H20O3/c1-9(12)7-5-6-8-14-10(13)11(2,3)4/h5-8H2,1-4H3. The first-order chi connectivity index (χ1) is 6.34. The van der Waals surface area contributed by atoms with Gasteiger partial charge in [0, 0.05) is 6.42 Å². The Hall–Kier alpha value is -0.860. The Morgan fingerprint density at radius 3 is 2.14 bits per heavy atom. The third-order valence-electron chi connectivity index (χ3n) is 1.77. The van der Waals surface area contributed by atoms with Crippen molar-refractivity contribution in [3.63, 3.8) is 0 Å². The van der Waals surface area contributed by atoms with Crippen LogP contribution in [0.2, 0.25) is 0 Å². The summed E-state index contributed by atoms with van der Waals surface area (Å²) in [5.41, 5.74) is -0.430. The van der Waals surface area contributed by atoms with Gasteiger partial charge in [-0.05, 0) is 40.5 Å². The molecule has 0 atom stereocenters. The van der Waals surface area contributed by atoms with E-state index in [0.29, 0.717) is 13.0 Å². The first-order valence-corrected chi connectivity index (χ1v) is 5.00. The Bertz CT molecular complexity index is 201. The van der Waals surface area contributed by atoms with Crippen LogP contribution < -0.4 is 0 Å². The third kappa shape index (κ3) is 6.63. The van der Waals surface area contributed by atoms with Gasteiger partial charge in [0.05, 0.1) is 12.0 Å². The molecule has 0 aliphatic rings. The molecule has 0 N–H and O–H groups in total. The lowest BCUT2D eigenvalue weighted by Gasteiger charge is -2.16. The number of ketones is 1. The number of carbonyl (C=O) groups is 2. The lowest BCUT2D eigenvalue weighted by atomic mass is 9.97. The number of carbonyl (C=O) groups excluding carboxylic acids is 2. The summed E-state index contributed by atoms with van der Waals surface area (Å²) in [4.78, 5) is 21.9. The minimum Gasteiger partial charge on any atom is -0.465 e. The highest BCUT2D eigenvalue weighted by molar-refractivity contribution is 5.75. The molecule has 0 rings (SSSR count). The average Bonchev–Trinajstić information content (AvgIpc) is 2.01. The molecule has 82 valence electrons. The van der Waals surface area contributed by atoms with Crippen molar-refractivity contribution in [2.24, 2.45) is 5.41 Å². The first kappa shape index (κ1) is 13.1. The molecule has 0 spiro atoms. The van der Waals surface area contributed by atoms with Crippen molar-refractivity contribution in [3.8, 4) is 0 Å². The molecule has 0 unspecified atom stereocenters. The van der Waals surface area contributed by atoms with Gasteiger partial charge in [-0.1, -0.05) is 0 Å². The summed E-state index contributed by atoms with van der Waals surface area (Å²) in [5.74, 6) is 0.00692. The van der Waals surface area contributed by atoms with Crippen molar-refractivity contribution in [3.05, 3.63) is 0 Å². The van der Waals surface area contributed by atoms with Crippen LogP contribution in [0.4, 0.5) is 0 Å². The zero-order chi connectivity index (χ0) is 11.2. The van der Waals surface area contributed by atoms with Crippen LogP contribution in [-0.4, -0.2) is 18.4 Å². The number of hydrogen-bond acceptors (Lipinski definition) is 3. The Kier molecular flexibility index (Phi) is 5.43. The topological polar surface area (TPSA) is 43.4 Å². The molecule has 0 saturated heterocycles. The molecule has 0 radical (unpaired) electrons. The second-order valence-corrected chi connectivity index (χ2v) is 4.55. The quantitative estimate of drug-likeness (QED) is 0.505. The highest BCUT2D eigenvalue weighted by Gasteiger charge is 2.22. The van der Waals surface area contributed by atoms with Gasteiger partial charge in [0.2, 0.25) is 0 Å². The van der Waals surface area contributed by atoms with Crippen LogP contribution in [0.25, 0.3) is 0 Å². The fourth-order valence-corrected chi connectivity index (χ4v) is 0.857. The van der Waals surface area contributed by atoms with E-state index in [0.717, 1.165) is 12.8 Å². The number of ether oxygens (including phenoxy) is 1. The van der Waals surface area contributed by atoms with Crippen molar-refractivity contribution < 1.29 is 14.3 Å². The Labute approximate surface area is 85.8 Å². The maximum atomic E-state index is 11.3. The monoisotopic (exact) mass is 200 g/mol. The van der Waals surface area contributed by atoms with Crippen molar-refractivity contribution in [1.29, 1.82) is 0 Å². The van der Waals surface area contributed by atoms with E-state index < -0.39 is 5.41 Å². The van der Waals surface area contributed by atoms with E-state index in [9.17, 15) is 9.59 Å². The highest BCUT2D eigenvalue weighted by Crippen LogP contribution is 2.15. The molecule has 3 heteroatoms. The number of Topliss-reactive ketones (excluding diaryl/α,β-unsaturated/α-hetero) is 1. The number of rotatable bonds is 5. The van der Waals surface area contributed by atoms with Gasteiger partial charge in [-0.15, -0.1) is 0 Å². The van der Waals surface area contributed by atoms with Gasteiger partial charge >= 0.3 is 5.97 Å². The molecule has 0 heterocycles.